The first-order valence-electron chi connectivity index (χ1n) is 8.54. The number of pyridine rings is 1. The molecule has 0 saturated carbocycles. The maximum atomic E-state index is 12.6. The number of aromatic nitrogens is 1. The fourth-order valence-electron chi connectivity index (χ4n) is 3.39. The van der Waals surface area contributed by atoms with Crippen LogP contribution in [0.4, 0.5) is 0 Å². The molecule has 1 atom stereocenters. The summed E-state index contributed by atoms with van der Waals surface area (Å²) in [6, 6.07) is 1.85. The Kier molecular flexibility index (Phi) is 5.06. The average molecular weight is 347 g/mol. The molecule has 136 valence electrons. The van der Waals surface area contributed by atoms with Gasteiger partial charge in [-0.3, -0.25) is 14.6 Å². The van der Waals surface area contributed by atoms with E-state index in [4.69, 9.17) is 9.47 Å². The molecule has 0 aliphatic carbocycles. The third-order valence-corrected chi connectivity index (χ3v) is 4.97. The van der Waals surface area contributed by atoms with Crippen LogP contribution < -0.4 is 0 Å². The Morgan fingerprint density at radius 2 is 2.16 bits per heavy atom. The molecule has 7 heteroatoms. The Labute approximate surface area is 147 Å². The quantitative estimate of drug-likeness (QED) is 0.785. The zero-order chi connectivity index (χ0) is 18.0. The number of amides is 2. The number of ether oxygens (including phenoxy) is 2. The molecule has 3 rings (SSSR count). The molecule has 0 N–H and O–H groups in total. The summed E-state index contributed by atoms with van der Waals surface area (Å²) in [5, 5.41) is 0. The van der Waals surface area contributed by atoms with E-state index in [1.165, 1.54) is 4.90 Å². The van der Waals surface area contributed by atoms with E-state index in [1.54, 1.807) is 31.4 Å². The molecule has 25 heavy (non-hydrogen) atoms. The van der Waals surface area contributed by atoms with Crippen LogP contribution in [0.15, 0.2) is 18.5 Å². The molecule has 1 aromatic heterocycles. The van der Waals surface area contributed by atoms with Crippen LogP contribution in [0.1, 0.15) is 22.3 Å². The molecular weight excluding hydrogens is 322 g/mol. The van der Waals surface area contributed by atoms with Crippen molar-refractivity contribution < 1.29 is 19.1 Å². The third kappa shape index (κ3) is 3.67. The Hall–Kier alpha value is -1.99. The van der Waals surface area contributed by atoms with Gasteiger partial charge in [0.25, 0.3) is 5.91 Å². The first kappa shape index (κ1) is 17.8. The van der Waals surface area contributed by atoms with Crippen molar-refractivity contribution >= 4 is 11.8 Å². The number of hydrogen-bond acceptors (Lipinski definition) is 5. The summed E-state index contributed by atoms with van der Waals surface area (Å²) in [5.41, 5.74) is 1.25. The van der Waals surface area contributed by atoms with Gasteiger partial charge in [0.1, 0.15) is 12.2 Å². The first-order chi connectivity index (χ1) is 11.9. The molecular formula is C18H25N3O4. The molecule has 7 nitrogen and oxygen atoms in total. The topological polar surface area (TPSA) is 72.0 Å². The predicted molar refractivity (Wildman–Crippen MR) is 91.2 cm³/mol. The Morgan fingerprint density at radius 3 is 2.84 bits per heavy atom. The van der Waals surface area contributed by atoms with Gasteiger partial charge < -0.3 is 19.3 Å². The maximum Gasteiger partial charge on any atom is 0.255 e. The highest BCUT2D eigenvalue weighted by Gasteiger charge is 2.54. The molecule has 1 spiro atoms. The van der Waals surface area contributed by atoms with Crippen LogP contribution in [0.2, 0.25) is 0 Å². The molecule has 3 heterocycles. The van der Waals surface area contributed by atoms with Crippen molar-refractivity contribution in [2.24, 2.45) is 5.92 Å². The summed E-state index contributed by atoms with van der Waals surface area (Å²) in [7, 11) is 3.42. The Morgan fingerprint density at radius 1 is 1.40 bits per heavy atom. The minimum atomic E-state index is -0.325. The molecule has 0 radical (unpaired) electrons. The van der Waals surface area contributed by atoms with E-state index in [0.717, 1.165) is 12.0 Å². The second kappa shape index (κ2) is 7.09. The largest absolute Gasteiger partial charge is 0.371 e. The number of aryl methyl sites for hydroxylation is 1. The average Bonchev–Trinajstić information content (AvgIpc) is 2.96. The zero-order valence-electron chi connectivity index (χ0n) is 15.0. The number of likely N-dealkylation sites (N-methyl/N-ethyl adjacent to an activating group) is 1. The molecule has 2 amide bonds. The fourth-order valence-corrected chi connectivity index (χ4v) is 3.39. The van der Waals surface area contributed by atoms with Gasteiger partial charge in [0.05, 0.1) is 25.3 Å². The highest BCUT2D eigenvalue weighted by atomic mass is 16.5. The van der Waals surface area contributed by atoms with E-state index in [9.17, 15) is 9.59 Å². The zero-order valence-corrected chi connectivity index (χ0v) is 15.0. The Bertz CT molecular complexity index is 655. The lowest BCUT2D eigenvalue weighted by atomic mass is 9.81. The summed E-state index contributed by atoms with van der Waals surface area (Å²) in [6.45, 7) is 4.28. The van der Waals surface area contributed by atoms with Crippen molar-refractivity contribution in [2.75, 3.05) is 47.0 Å². The van der Waals surface area contributed by atoms with Gasteiger partial charge in [-0.15, -0.1) is 0 Å². The number of likely N-dealkylation sites (tertiary alicyclic amines) is 1. The summed E-state index contributed by atoms with van der Waals surface area (Å²) < 4.78 is 11.5. The molecule has 1 unspecified atom stereocenters. The van der Waals surface area contributed by atoms with Crippen molar-refractivity contribution in [3.63, 3.8) is 0 Å². The number of carbonyl (C=O) groups is 2. The van der Waals surface area contributed by atoms with Gasteiger partial charge >= 0.3 is 0 Å². The van der Waals surface area contributed by atoms with Crippen molar-refractivity contribution in [3.05, 3.63) is 29.6 Å². The van der Waals surface area contributed by atoms with Crippen LogP contribution in [-0.2, 0) is 14.3 Å². The minimum absolute atomic E-state index is 0.0141. The van der Waals surface area contributed by atoms with E-state index in [0.29, 0.717) is 31.9 Å². The highest BCUT2D eigenvalue weighted by molar-refractivity contribution is 5.94. The van der Waals surface area contributed by atoms with Crippen molar-refractivity contribution in [2.45, 2.75) is 18.9 Å². The molecule has 2 aliphatic heterocycles. The van der Waals surface area contributed by atoms with E-state index in [2.05, 4.69) is 4.98 Å². The van der Waals surface area contributed by atoms with Crippen LogP contribution in [-0.4, -0.2) is 79.2 Å². The normalized spacial score (nSPS) is 21.2. The van der Waals surface area contributed by atoms with Gasteiger partial charge in [-0.1, -0.05) is 0 Å². The van der Waals surface area contributed by atoms with E-state index in [-0.39, 0.29) is 29.9 Å². The van der Waals surface area contributed by atoms with Crippen molar-refractivity contribution in [1.82, 2.24) is 14.8 Å². The molecule has 2 aliphatic rings. The van der Waals surface area contributed by atoms with Crippen LogP contribution in [0.5, 0.6) is 0 Å². The van der Waals surface area contributed by atoms with E-state index in [1.807, 2.05) is 13.0 Å². The number of hydrogen-bond donors (Lipinski definition) is 0. The molecule has 1 aromatic rings. The monoisotopic (exact) mass is 347 g/mol. The summed E-state index contributed by atoms with van der Waals surface area (Å²) in [4.78, 5) is 31.5. The SMILES string of the molecule is Cc1cncc(C(=O)N2CC3(C2)OCCC3COCC(=O)N(C)C)c1. The summed E-state index contributed by atoms with van der Waals surface area (Å²) >= 11 is 0. The first-order valence-corrected chi connectivity index (χ1v) is 8.54. The number of carbonyl (C=O) groups excluding carboxylic acids is 2. The van der Waals surface area contributed by atoms with Crippen molar-refractivity contribution in [3.8, 4) is 0 Å². The fraction of sp³-hybridized carbons (Fsp3) is 0.611. The lowest BCUT2D eigenvalue weighted by Gasteiger charge is -2.50. The van der Waals surface area contributed by atoms with Gasteiger partial charge in [-0.05, 0) is 25.0 Å². The van der Waals surface area contributed by atoms with Gasteiger partial charge in [-0.25, -0.2) is 0 Å². The number of nitrogens with zero attached hydrogens (tertiary/aromatic N) is 3. The lowest BCUT2D eigenvalue weighted by molar-refractivity contribution is -0.141. The molecule has 0 bridgehead atoms. The summed E-state index contributed by atoms with van der Waals surface area (Å²) in [6.07, 6.45) is 4.23. The lowest BCUT2D eigenvalue weighted by Crippen LogP contribution is -2.66. The molecule has 2 saturated heterocycles. The molecule has 2 fully saturated rings. The van der Waals surface area contributed by atoms with E-state index < -0.39 is 0 Å². The predicted octanol–water partition coefficient (Wildman–Crippen LogP) is 0.726. The van der Waals surface area contributed by atoms with Crippen LogP contribution in [0.3, 0.4) is 0 Å². The van der Waals surface area contributed by atoms with Gasteiger partial charge in [0, 0.05) is 39.0 Å². The maximum absolute atomic E-state index is 12.6. The van der Waals surface area contributed by atoms with Gasteiger partial charge in [0.2, 0.25) is 5.91 Å². The number of rotatable bonds is 5. The van der Waals surface area contributed by atoms with Crippen LogP contribution in [0, 0.1) is 12.8 Å². The van der Waals surface area contributed by atoms with Crippen LogP contribution >= 0.6 is 0 Å². The van der Waals surface area contributed by atoms with Crippen molar-refractivity contribution in [1.29, 1.82) is 0 Å². The summed E-state index contributed by atoms with van der Waals surface area (Å²) in [5.74, 6) is 0.146. The van der Waals surface area contributed by atoms with Crippen LogP contribution in [0.25, 0.3) is 0 Å². The van der Waals surface area contributed by atoms with Gasteiger partial charge in [-0.2, -0.15) is 0 Å². The van der Waals surface area contributed by atoms with Gasteiger partial charge in [0.15, 0.2) is 0 Å². The second-order valence-corrected chi connectivity index (χ2v) is 7.11. The minimum Gasteiger partial charge on any atom is -0.371 e. The molecule has 0 aromatic carbocycles. The third-order valence-electron chi connectivity index (χ3n) is 4.97. The van der Waals surface area contributed by atoms with E-state index >= 15 is 0 Å². The second-order valence-electron chi connectivity index (χ2n) is 7.11. The standard InChI is InChI=1S/C18H25N3O4/c1-13-6-14(8-19-7-13)17(23)21-11-18(12-21)15(4-5-25-18)9-24-10-16(22)20(2)3/h6-8,15H,4-5,9-12H2,1-3H3. The highest BCUT2D eigenvalue weighted by Crippen LogP contribution is 2.40. The smallest absolute Gasteiger partial charge is 0.255 e. The Balaban J connectivity index is 1.53.